The number of nitrogens with one attached hydrogen (secondary N) is 1. The van der Waals surface area contributed by atoms with Gasteiger partial charge in [-0.2, -0.15) is 0 Å². The lowest BCUT2D eigenvalue weighted by Crippen LogP contribution is -2.29. The largest absolute Gasteiger partial charge is 0.382 e. The first kappa shape index (κ1) is 16.6. The zero-order valence-corrected chi connectivity index (χ0v) is 13.0. The van der Waals surface area contributed by atoms with Crippen molar-refractivity contribution in [1.29, 1.82) is 0 Å². The molecule has 0 aliphatic heterocycles. The lowest BCUT2D eigenvalue weighted by Gasteiger charge is -2.16. The summed E-state index contributed by atoms with van der Waals surface area (Å²) in [7, 11) is 3.53. The molecule has 1 N–H and O–H groups in total. The summed E-state index contributed by atoms with van der Waals surface area (Å²) in [5.41, 5.74) is 0.722. The van der Waals surface area contributed by atoms with Crippen LogP contribution < -0.4 is 5.32 Å². The van der Waals surface area contributed by atoms with E-state index < -0.39 is 0 Å². The second kappa shape index (κ2) is 9.42. The molecule has 108 valence electrons. The van der Waals surface area contributed by atoms with Crippen molar-refractivity contribution in [3.05, 3.63) is 34.1 Å². The highest BCUT2D eigenvalue weighted by atomic mass is 79.9. The van der Waals surface area contributed by atoms with Gasteiger partial charge in [-0.1, -0.05) is 22.0 Å². The lowest BCUT2D eigenvalue weighted by atomic mass is 10.0. The quantitative estimate of drug-likeness (QED) is 0.705. The monoisotopic (exact) mass is 333 g/mol. The molecule has 0 saturated carbocycles. The van der Waals surface area contributed by atoms with E-state index in [1.54, 1.807) is 7.11 Å². The number of hydrogen-bond donors (Lipinski definition) is 1. The Kier molecular flexibility index (Phi) is 8.21. The van der Waals surface area contributed by atoms with Crippen LogP contribution in [0.3, 0.4) is 0 Å². The van der Waals surface area contributed by atoms with Crippen molar-refractivity contribution in [3.8, 4) is 0 Å². The van der Waals surface area contributed by atoms with Gasteiger partial charge in [0.2, 0.25) is 0 Å². The third-order valence-electron chi connectivity index (χ3n) is 2.93. The summed E-state index contributed by atoms with van der Waals surface area (Å²) in [6.07, 6.45) is 1.50. The highest BCUT2D eigenvalue weighted by Crippen LogP contribution is 2.17. The summed E-state index contributed by atoms with van der Waals surface area (Å²) in [5, 5.41) is 3.19. The Morgan fingerprint density at radius 1 is 1.32 bits per heavy atom. The number of hydrogen-bond acceptors (Lipinski definition) is 3. The molecule has 1 atom stereocenters. The smallest absolute Gasteiger partial charge is 0.127 e. The van der Waals surface area contributed by atoms with Gasteiger partial charge in [-0.25, -0.2) is 4.39 Å². The minimum atomic E-state index is -0.171. The van der Waals surface area contributed by atoms with Crippen LogP contribution in [0, 0.1) is 5.82 Å². The lowest BCUT2D eigenvalue weighted by molar-refractivity contribution is 0.0661. The molecular weight excluding hydrogens is 313 g/mol. The summed E-state index contributed by atoms with van der Waals surface area (Å²) in [6.45, 7) is 1.85. The number of benzene rings is 1. The van der Waals surface area contributed by atoms with Crippen LogP contribution in [0.1, 0.15) is 12.0 Å². The van der Waals surface area contributed by atoms with Crippen LogP contribution in [0.5, 0.6) is 0 Å². The Hall–Kier alpha value is -0.490. The van der Waals surface area contributed by atoms with Gasteiger partial charge in [0.25, 0.3) is 0 Å². The van der Waals surface area contributed by atoms with Crippen LogP contribution in [0.2, 0.25) is 0 Å². The Morgan fingerprint density at radius 3 is 2.74 bits per heavy atom. The van der Waals surface area contributed by atoms with Crippen LogP contribution in [0.4, 0.5) is 4.39 Å². The van der Waals surface area contributed by atoms with E-state index in [0.717, 1.165) is 16.5 Å². The predicted octanol–water partition coefficient (Wildman–Crippen LogP) is 2.77. The molecule has 1 unspecified atom stereocenters. The minimum Gasteiger partial charge on any atom is -0.382 e. The van der Waals surface area contributed by atoms with Crippen molar-refractivity contribution in [2.24, 2.45) is 0 Å². The van der Waals surface area contributed by atoms with E-state index in [0.29, 0.717) is 26.2 Å². The molecule has 1 rings (SSSR count). The normalized spacial score (nSPS) is 12.6. The van der Waals surface area contributed by atoms with Crippen molar-refractivity contribution < 1.29 is 13.9 Å². The molecule has 0 aliphatic carbocycles. The molecule has 0 aliphatic rings. The van der Waals surface area contributed by atoms with Crippen molar-refractivity contribution in [1.82, 2.24) is 5.32 Å². The van der Waals surface area contributed by atoms with Crippen molar-refractivity contribution in [2.75, 3.05) is 34.0 Å². The number of methoxy groups -OCH3 is 1. The van der Waals surface area contributed by atoms with Gasteiger partial charge >= 0.3 is 0 Å². The number of likely N-dealkylation sites (N-methyl/N-ethyl adjacent to an activating group) is 1. The fourth-order valence-electron chi connectivity index (χ4n) is 1.77. The van der Waals surface area contributed by atoms with Crippen LogP contribution in [0.15, 0.2) is 22.7 Å². The third kappa shape index (κ3) is 6.47. The van der Waals surface area contributed by atoms with E-state index in [9.17, 15) is 4.39 Å². The van der Waals surface area contributed by atoms with E-state index >= 15 is 0 Å². The van der Waals surface area contributed by atoms with Crippen LogP contribution in [0.25, 0.3) is 0 Å². The van der Waals surface area contributed by atoms with E-state index in [2.05, 4.69) is 21.2 Å². The molecule has 0 fully saturated rings. The Morgan fingerprint density at radius 2 is 2.11 bits per heavy atom. The van der Waals surface area contributed by atoms with Gasteiger partial charge in [-0.15, -0.1) is 0 Å². The molecule has 3 nitrogen and oxygen atoms in total. The molecule has 0 saturated heterocycles. The first-order valence-electron chi connectivity index (χ1n) is 6.35. The molecule has 0 bridgehead atoms. The molecular formula is C14H21BrFNO2. The second-order valence-electron chi connectivity index (χ2n) is 4.32. The molecule has 0 spiro atoms. The zero-order chi connectivity index (χ0) is 14.1. The van der Waals surface area contributed by atoms with Gasteiger partial charge in [-0.05, 0) is 37.6 Å². The van der Waals surface area contributed by atoms with Gasteiger partial charge < -0.3 is 14.8 Å². The van der Waals surface area contributed by atoms with Crippen LogP contribution in [-0.2, 0) is 15.9 Å². The Balaban J connectivity index is 2.39. The van der Waals surface area contributed by atoms with Gasteiger partial charge in [0.15, 0.2) is 0 Å². The third-order valence-corrected chi connectivity index (χ3v) is 3.43. The zero-order valence-electron chi connectivity index (χ0n) is 11.4. The standard InChI is InChI=1S/C14H21BrFNO2/c1-17-13(5-6-19-8-7-18-2)9-11-3-4-12(15)10-14(11)16/h3-4,10,13,17H,5-9H2,1-2H3. The summed E-state index contributed by atoms with van der Waals surface area (Å²) < 4.78 is 24.8. The van der Waals surface area contributed by atoms with E-state index in [-0.39, 0.29) is 11.9 Å². The van der Waals surface area contributed by atoms with Crippen molar-refractivity contribution >= 4 is 15.9 Å². The van der Waals surface area contributed by atoms with E-state index in [1.165, 1.54) is 6.07 Å². The molecule has 1 aromatic rings. The van der Waals surface area contributed by atoms with Crippen molar-refractivity contribution in [2.45, 2.75) is 18.9 Å². The van der Waals surface area contributed by atoms with Crippen LogP contribution in [-0.4, -0.2) is 40.0 Å². The minimum absolute atomic E-state index is 0.171. The van der Waals surface area contributed by atoms with E-state index in [1.807, 2.05) is 19.2 Å². The van der Waals surface area contributed by atoms with Gasteiger partial charge in [0.1, 0.15) is 5.82 Å². The number of halogens is 2. The molecule has 0 aromatic heterocycles. The average molecular weight is 334 g/mol. The predicted molar refractivity (Wildman–Crippen MR) is 78.0 cm³/mol. The maximum Gasteiger partial charge on any atom is 0.127 e. The summed E-state index contributed by atoms with van der Waals surface area (Å²) in [4.78, 5) is 0. The molecule has 0 amide bonds. The molecule has 0 heterocycles. The van der Waals surface area contributed by atoms with Gasteiger partial charge in [0.05, 0.1) is 13.2 Å². The summed E-state index contributed by atoms with van der Waals surface area (Å²) >= 11 is 3.26. The fourth-order valence-corrected chi connectivity index (χ4v) is 2.10. The van der Waals surface area contributed by atoms with Crippen molar-refractivity contribution in [3.63, 3.8) is 0 Å². The Labute approximate surface area is 122 Å². The SMILES string of the molecule is CNC(CCOCCOC)Cc1ccc(Br)cc1F. The first-order valence-corrected chi connectivity index (χ1v) is 7.14. The molecule has 19 heavy (non-hydrogen) atoms. The highest BCUT2D eigenvalue weighted by molar-refractivity contribution is 9.10. The van der Waals surface area contributed by atoms with Gasteiger partial charge in [-0.3, -0.25) is 0 Å². The molecule has 1 aromatic carbocycles. The maximum absolute atomic E-state index is 13.7. The average Bonchev–Trinajstić information content (AvgIpc) is 2.39. The fraction of sp³-hybridized carbons (Fsp3) is 0.571. The van der Waals surface area contributed by atoms with Gasteiger partial charge in [0, 0.05) is 24.2 Å². The first-order chi connectivity index (χ1) is 9.17. The van der Waals surface area contributed by atoms with E-state index in [4.69, 9.17) is 9.47 Å². The molecule has 5 heteroatoms. The number of ether oxygens (including phenoxy) is 2. The maximum atomic E-state index is 13.7. The second-order valence-corrected chi connectivity index (χ2v) is 5.23. The molecule has 0 radical (unpaired) electrons. The topological polar surface area (TPSA) is 30.5 Å². The highest BCUT2D eigenvalue weighted by Gasteiger charge is 2.11. The summed E-state index contributed by atoms with van der Waals surface area (Å²) in [6, 6.07) is 5.38. The number of rotatable bonds is 9. The summed E-state index contributed by atoms with van der Waals surface area (Å²) in [5.74, 6) is -0.171. The van der Waals surface area contributed by atoms with Crippen LogP contribution >= 0.6 is 15.9 Å². The Bertz CT molecular complexity index is 376.